The molecule has 0 aromatic heterocycles. The minimum absolute atomic E-state index is 0.0970. The van der Waals surface area contributed by atoms with Crippen molar-refractivity contribution in [3.8, 4) is 11.5 Å². The molecule has 3 N–H and O–H groups in total. The number of hydrogen-bond donors (Lipinski definition) is 2. The van der Waals surface area contributed by atoms with Crippen LogP contribution in [0, 0.1) is 6.92 Å². The predicted molar refractivity (Wildman–Crippen MR) is 110 cm³/mol. The number of carbonyl (C=O) groups excluding carboxylic acids is 1. The van der Waals surface area contributed by atoms with E-state index in [1.54, 1.807) is 5.01 Å². The highest BCUT2D eigenvalue weighted by Crippen LogP contribution is 2.38. The molecule has 29 heavy (non-hydrogen) atoms. The van der Waals surface area contributed by atoms with Crippen molar-refractivity contribution in [2.75, 3.05) is 12.5 Å². The van der Waals surface area contributed by atoms with Crippen LogP contribution in [0.3, 0.4) is 0 Å². The molecule has 2 amide bonds. The zero-order valence-electron chi connectivity index (χ0n) is 16.6. The molecule has 2 heterocycles. The van der Waals surface area contributed by atoms with E-state index in [2.05, 4.69) is 5.32 Å². The van der Waals surface area contributed by atoms with Gasteiger partial charge in [0.25, 0.3) is 0 Å². The van der Waals surface area contributed by atoms with Crippen LogP contribution < -0.4 is 20.5 Å². The molecule has 0 bridgehead atoms. The summed E-state index contributed by atoms with van der Waals surface area (Å²) >= 11 is 0. The number of nitrogen functional groups attached to an aromatic ring is 1. The van der Waals surface area contributed by atoms with Gasteiger partial charge < -0.3 is 20.5 Å². The molecular weight excluding hydrogens is 368 g/mol. The van der Waals surface area contributed by atoms with E-state index in [-0.39, 0.29) is 24.9 Å². The molecule has 3 aliphatic rings. The normalized spacial score (nSPS) is 20.0. The minimum atomic E-state index is -0.155. The van der Waals surface area contributed by atoms with Crippen molar-refractivity contribution in [2.45, 2.75) is 45.2 Å². The molecule has 7 nitrogen and oxygen atoms in total. The van der Waals surface area contributed by atoms with Crippen LogP contribution >= 0.6 is 0 Å². The Morgan fingerprint density at radius 3 is 2.69 bits per heavy atom. The fourth-order valence-corrected chi connectivity index (χ4v) is 3.79. The Labute approximate surface area is 169 Å². The molecule has 1 unspecified atom stereocenters. The number of aryl methyl sites for hydroxylation is 1. The van der Waals surface area contributed by atoms with Gasteiger partial charge in [-0.15, -0.1) is 0 Å². The number of hydrogen-bond acceptors (Lipinski definition) is 5. The molecule has 0 radical (unpaired) electrons. The quantitative estimate of drug-likeness (QED) is 0.768. The molecule has 1 atom stereocenters. The number of ether oxygens (including phenoxy) is 2. The summed E-state index contributed by atoms with van der Waals surface area (Å²) in [7, 11) is 0. The van der Waals surface area contributed by atoms with Crippen LogP contribution in [-0.4, -0.2) is 35.6 Å². The monoisotopic (exact) mass is 392 g/mol. The van der Waals surface area contributed by atoms with Gasteiger partial charge in [0.15, 0.2) is 11.5 Å². The molecule has 1 aliphatic carbocycles. The van der Waals surface area contributed by atoms with E-state index in [1.807, 2.05) is 44.2 Å². The predicted octanol–water partition coefficient (Wildman–Crippen LogP) is 3.18. The third-order valence-electron chi connectivity index (χ3n) is 5.65. The molecule has 7 heteroatoms. The SMILES string of the molecule is Cc1cc(C2=NN(C(=O)NC3CC3)C(C)Cc3cc4c(cc32)OCO4)ccc1N. The molecule has 2 aromatic carbocycles. The Balaban J connectivity index is 1.64. The van der Waals surface area contributed by atoms with Gasteiger partial charge >= 0.3 is 6.03 Å². The largest absolute Gasteiger partial charge is 0.454 e. The van der Waals surface area contributed by atoms with Crippen LogP contribution in [0.5, 0.6) is 11.5 Å². The molecular formula is C22H24N4O3. The summed E-state index contributed by atoms with van der Waals surface area (Å²) in [5.74, 6) is 1.44. The first-order valence-electron chi connectivity index (χ1n) is 9.97. The average molecular weight is 392 g/mol. The number of urea groups is 1. The summed E-state index contributed by atoms with van der Waals surface area (Å²) in [5.41, 5.74) is 11.4. The highest BCUT2D eigenvalue weighted by atomic mass is 16.7. The standard InChI is InChI=1S/C22H24N4O3/c1-12-7-14(3-6-18(12)23)21-17-10-20-19(28-11-29-20)9-15(17)8-13(2)26(25-21)22(27)24-16-4-5-16/h3,6-7,9-10,13,16H,4-5,8,11,23H2,1-2H3,(H,24,27). The first kappa shape index (κ1) is 17.8. The number of nitrogens with two attached hydrogens (primary N) is 1. The van der Waals surface area contributed by atoms with E-state index < -0.39 is 0 Å². The fourth-order valence-electron chi connectivity index (χ4n) is 3.79. The highest BCUT2D eigenvalue weighted by molar-refractivity contribution is 6.14. The van der Waals surface area contributed by atoms with E-state index in [0.717, 1.165) is 52.2 Å². The van der Waals surface area contributed by atoms with Crippen molar-refractivity contribution >= 4 is 17.4 Å². The summed E-state index contributed by atoms with van der Waals surface area (Å²) < 4.78 is 11.2. The third kappa shape index (κ3) is 3.26. The fraction of sp³-hybridized carbons (Fsp3) is 0.364. The number of benzene rings is 2. The van der Waals surface area contributed by atoms with Crippen molar-refractivity contribution < 1.29 is 14.3 Å². The lowest BCUT2D eigenvalue weighted by Crippen LogP contribution is -2.43. The van der Waals surface area contributed by atoms with E-state index in [9.17, 15) is 4.79 Å². The zero-order chi connectivity index (χ0) is 20.1. The van der Waals surface area contributed by atoms with Crippen LogP contribution in [0.4, 0.5) is 10.5 Å². The number of hydrazone groups is 1. The van der Waals surface area contributed by atoms with Crippen molar-refractivity contribution in [1.29, 1.82) is 0 Å². The van der Waals surface area contributed by atoms with Crippen LogP contribution in [0.15, 0.2) is 35.4 Å². The van der Waals surface area contributed by atoms with Gasteiger partial charge in [0.1, 0.15) is 0 Å². The molecule has 150 valence electrons. The Bertz CT molecular complexity index is 1030. The van der Waals surface area contributed by atoms with E-state index in [1.165, 1.54) is 0 Å². The zero-order valence-corrected chi connectivity index (χ0v) is 16.6. The number of anilines is 1. The Morgan fingerprint density at radius 1 is 1.21 bits per heavy atom. The van der Waals surface area contributed by atoms with Crippen LogP contribution in [0.1, 0.15) is 42.0 Å². The van der Waals surface area contributed by atoms with Gasteiger partial charge in [0.05, 0.1) is 11.8 Å². The molecule has 0 saturated heterocycles. The topological polar surface area (TPSA) is 89.2 Å². The first-order chi connectivity index (χ1) is 14.0. The van der Waals surface area contributed by atoms with Gasteiger partial charge in [-0.1, -0.05) is 6.07 Å². The summed E-state index contributed by atoms with van der Waals surface area (Å²) in [4.78, 5) is 12.9. The summed E-state index contributed by atoms with van der Waals surface area (Å²) in [5, 5.41) is 9.48. The van der Waals surface area contributed by atoms with Crippen molar-refractivity contribution in [1.82, 2.24) is 10.3 Å². The highest BCUT2D eigenvalue weighted by Gasteiger charge is 2.32. The first-order valence-corrected chi connectivity index (χ1v) is 9.97. The van der Waals surface area contributed by atoms with E-state index >= 15 is 0 Å². The maximum absolute atomic E-state index is 12.9. The van der Waals surface area contributed by atoms with Gasteiger partial charge in [-0.3, -0.25) is 0 Å². The van der Waals surface area contributed by atoms with Gasteiger partial charge in [-0.2, -0.15) is 5.10 Å². The number of carbonyl (C=O) groups is 1. The lowest BCUT2D eigenvalue weighted by atomic mass is 9.93. The number of nitrogens with zero attached hydrogens (tertiary/aromatic N) is 2. The molecule has 2 aliphatic heterocycles. The van der Waals surface area contributed by atoms with Crippen LogP contribution in [-0.2, 0) is 6.42 Å². The summed E-state index contributed by atoms with van der Waals surface area (Å²) in [6, 6.07) is 9.83. The minimum Gasteiger partial charge on any atom is -0.454 e. The smallest absolute Gasteiger partial charge is 0.338 e. The maximum Gasteiger partial charge on any atom is 0.338 e. The Kier molecular flexibility index (Phi) is 4.12. The second kappa shape index (κ2) is 6.69. The maximum atomic E-state index is 12.9. The van der Waals surface area contributed by atoms with Crippen LogP contribution in [0.2, 0.25) is 0 Å². The second-order valence-corrected chi connectivity index (χ2v) is 8.00. The lowest BCUT2D eigenvalue weighted by Gasteiger charge is -2.23. The van der Waals surface area contributed by atoms with E-state index in [4.69, 9.17) is 20.3 Å². The Hall–Kier alpha value is -3.22. The number of fused-ring (bicyclic) bond motifs is 2. The molecule has 2 aromatic rings. The van der Waals surface area contributed by atoms with Crippen LogP contribution in [0.25, 0.3) is 0 Å². The molecule has 1 saturated carbocycles. The molecule has 5 rings (SSSR count). The number of amides is 2. The average Bonchev–Trinajstić information content (AvgIpc) is 3.41. The lowest BCUT2D eigenvalue weighted by molar-refractivity contribution is 0.174. The summed E-state index contributed by atoms with van der Waals surface area (Å²) in [6.45, 7) is 4.20. The summed E-state index contributed by atoms with van der Waals surface area (Å²) in [6.07, 6.45) is 2.73. The number of rotatable bonds is 2. The van der Waals surface area contributed by atoms with Crippen molar-refractivity contribution in [3.05, 3.63) is 52.6 Å². The molecule has 1 fully saturated rings. The van der Waals surface area contributed by atoms with Gasteiger partial charge in [0.2, 0.25) is 6.79 Å². The third-order valence-corrected chi connectivity index (χ3v) is 5.65. The van der Waals surface area contributed by atoms with Crippen molar-refractivity contribution in [2.24, 2.45) is 5.10 Å². The second-order valence-electron chi connectivity index (χ2n) is 8.00. The number of nitrogens with one attached hydrogen (secondary N) is 1. The van der Waals surface area contributed by atoms with Gasteiger partial charge in [0, 0.05) is 22.9 Å². The Morgan fingerprint density at radius 2 is 1.97 bits per heavy atom. The molecule has 0 spiro atoms. The van der Waals surface area contributed by atoms with Crippen molar-refractivity contribution in [3.63, 3.8) is 0 Å². The van der Waals surface area contributed by atoms with Gasteiger partial charge in [-0.25, -0.2) is 9.80 Å². The van der Waals surface area contributed by atoms with Gasteiger partial charge in [-0.05, 0) is 68.5 Å². The van der Waals surface area contributed by atoms with E-state index in [0.29, 0.717) is 12.2 Å².